The summed E-state index contributed by atoms with van der Waals surface area (Å²) >= 11 is 0. The Morgan fingerprint density at radius 1 is 1.38 bits per heavy atom. The van der Waals surface area contributed by atoms with Crippen LogP contribution < -0.4 is 0 Å². The predicted octanol–water partition coefficient (Wildman–Crippen LogP) is -0.904. The summed E-state index contributed by atoms with van der Waals surface area (Å²) < 4.78 is 0. The summed E-state index contributed by atoms with van der Waals surface area (Å²) in [7, 11) is 0. The van der Waals surface area contributed by atoms with Crippen LogP contribution in [-0.4, -0.2) is 29.7 Å². The number of aliphatic hydroxyl groups is 2. The molecule has 0 aromatic heterocycles. The van der Waals surface area contributed by atoms with E-state index in [0.717, 1.165) is 6.08 Å². The van der Waals surface area contributed by atoms with Crippen LogP contribution in [0.15, 0.2) is 11.6 Å². The molecule has 46 valence electrons. The van der Waals surface area contributed by atoms with Crippen LogP contribution in [-0.2, 0) is 4.79 Å². The minimum Gasteiger partial charge on any atom is -0.392 e. The molecule has 2 N–H and O–H groups in total. The SMILES string of the molecule is O=CC=C(CO)CO. The fourth-order valence-electron chi connectivity index (χ4n) is 0.252. The topological polar surface area (TPSA) is 57.5 Å². The van der Waals surface area contributed by atoms with Crippen molar-refractivity contribution in [3.63, 3.8) is 0 Å². The Morgan fingerprint density at radius 3 is 2.00 bits per heavy atom. The van der Waals surface area contributed by atoms with Gasteiger partial charge in [-0.25, -0.2) is 0 Å². The van der Waals surface area contributed by atoms with Crippen molar-refractivity contribution in [2.45, 2.75) is 0 Å². The zero-order valence-electron chi connectivity index (χ0n) is 4.37. The molecule has 0 aliphatic rings. The van der Waals surface area contributed by atoms with E-state index >= 15 is 0 Å². The fraction of sp³-hybridized carbons (Fsp3) is 0.400. The lowest BCUT2D eigenvalue weighted by molar-refractivity contribution is -0.104. The largest absolute Gasteiger partial charge is 0.392 e. The quantitative estimate of drug-likeness (QED) is 0.371. The summed E-state index contributed by atoms with van der Waals surface area (Å²) in [6, 6.07) is 0. The van der Waals surface area contributed by atoms with Crippen molar-refractivity contribution in [3.8, 4) is 0 Å². The summed E-state index contributed by atoms with van der Waals surface area (Å²) in [4.78, 5) is 9.63. The number of aldehydes is 1. The standard InChI is InChI=1S/C5H8O3/c6-2-1-5(3-7)4-8/h1-2,7-8H,3-4H2. The molecule has 0 heterocycles. The van der Waals surface area contributed by atoms with Gasteiger partial charge in [-0.15, -0.1) is 0 Å². The molecule has 0 spiro atoms. The van der Waals surface area contributed by atoms with Crippen LogP contribution in [0.5, 0.6) is 0 Å². The molecule has 0 aromatic rings. The van der Waals surface area contributed by atoms with E-state index in [4.69, 9.17) is 10.2 Å². The van der Waals surface area contributed by atoms with Gasteiger partial charge in [0.1, 0.15) is 6.29 Å². The molecule has 8 heavy (non-hydrogen) atoms. The second-order valence-corrected chi connectivity index (χ2v) is 1.28. The maximum Gasteiger partial charge on any atom is 0.142 e. The molecule has 3 heteroatoms. The molecular formula is C5H8O3. The Hall–Kier alpha value is -0.670. The van der Waals surface area contributed by atoms with Gasteiger partial charge in [-0.2, -0.15) is 0 Å². The molecular weight excluding hydrogens is 108 g/mol. The smallest absolute Gasteiger partial charge is 0.142 e. The summed E-state index contributed by atoms with van der Waals surface area (Å²) in [5, 5.41) is 16.5. The first kappa shape index (κ1) is 7.33. The molecule has 0 aromatic carbocycles. The van der Waals surface area contributed by atoms with E-state index in [0.29, 0.717) is 11.9 Å². The Bertz CT molecular complexity index is 89.8. The first-order valence-electron chi connectivity index (χ1n) is 2.20. The second kappa shape index (κ2) is 4.49. The number of rotatable bonds is 3. The summed E-state index contributed by atoms with van der Waals surface area (Å²) in [5.74, 6) is 0. The predicted molar refractivity (Wildman–Crippen MR) is 28.3 cm³/mol. The van der Waals surface area contributed by atoms with Crippen LogP contribution in [0.25, 0.3) is 0 Å². The maximum atomic E-state index is 9.63. The molecule has 0 saturated carbocycles. The number of allylic oxidation sites excluding steroid dienone is 1. The van der Waals surface area contributed by atoms with Gasteiger partial charge in [-0.05, 0) is 11.6 Å². The molecule has 0 rings (SSSR count). The van der Waals surface area contributed by atoms with Gasteiger partial charge >= 0.3 is 0 Å². The third kappa shape index (κ3) is 2.49. The van der Waals surface area contributed by atoms with Gasteiger partial charge in [0.15, 0.2) is 0 Å². The minimum atomic E-state index is -0.255. The first-order valence-corrected chi connectivity index (χ1v) is 2.20. The van der Waals surface area contributed by atoms with E-state index in [2.05, 4.69) is 0 Å². The van der Waals surface area contributed by atoms with Crippen molar-refractivity contribution in [1.82, 2.24) is 0 Å². The highest BCUT2D eigenvalue weighted by molar-refractivity contribution is 5.66. The third-order valence-electron chi connectivity index (χ3n) is 0.710. The lowest BCUT2D eigenvalue weighted by atomic mass is 10.3. The zero-order chi connectivity index (χ0) is 6.41. The Morgan fingerprint density at radius 2 is 1.88 bits per heavy atom. The van der Waals surface area contributed by atoms with Crippen molar-refractivity contribution in [2.24, 2.45) is 0 Å². The van der Waals surface area contributed by atoms with Gasteiger partial charge in [0.25, 0.3) is 0 Å². The zero-order valence-corrected chi connectivity index (χ0v) is 4.37. The Balaban J connectivity index is 3.66. The van der Waals surface area contributed by atoms with E-state index in [1.54, 1.807) is 0 Å². The molecule has 0 unspecified atom stereocenters. The molecule has 0 amide bonds. The highest BCUT2D eigenvalue weighted by Gasteiger charge is 1.87. The second-order valence-electron chi connectivity index (χ2n) is 1.28. The fourth-order valence-corrected chi connectivity index (χ4v) is 0.252. The van der Waals surface area contributed by atoms with Crippen LogP contribution in [0, 0.1) is 0 Å². The van der Waals surface area contributed by atoms with Gasteiger partial charge in [0.05, 0.1) is 13.2 Å². The van der Waals surface area contributed by atoms with Gasteiger partial charge < -0.3 is 10.2 Å². The monoisotopic (exact) mass is 116 g/mol. The number of carbonyl (C=O) groups excluding carboxylic acids is 1. The average molecular weight is 116 g/mol. The maximum absolute atomic E-state index is 9.63. The number of hydrogen-bond donors (Lipinski definition) is 2. The average Bonchev–Trinajstić information content (AvgIpc) is 1.83. The number of hydrogen-bond acceptors (Lipinski definition) is 3. The molecule has 0 saturated heterocycles. The van der Waals surface area contributed by atoms with Crippen molar-refractivity contribution >= 4 is 6.29 Å². The van der Waals surface area contributed by atoms with Crippen LogP contribution in [0.4, 0.5) is 0 Å². The van der Waals surface area contributed by atoms with Gasteiger partial charge in [0.2, 0.25) is 0 Å². The Labute approximate surface area is 47.3 Å². The number of aliphatic hydroxyl groups excluding tert-OH is 2. The third-order valence-corrected chi connectivity index (χ3v) is 0.710. The van der Waals surface area contributed by atoms with E-state index < -0.39 is 0 Å². The van der Waals surface area contributed by atoms with E-state index in [1.165, 1.54) is 0 Å². The van der Waals surface area contributed by atoms with Gasteiger partial charge in [-0.1, -0.05) is 0 Å². The molecule has 0 radical (unpaired) electrons. The van der Waals surface area contributed by atoms with E-state index in [-0.39, 0.29) is 13.2 Å². The lowest BCUT2D eigenvalue weighted by Crippen LogP contribution is -1.95. The number of carbonyl (C=O) groups is 1. The normalized spacial score (nSPS) is 8.25. The van der Waals surface area contributed by atoms with Gasteiger partial charge in [0, 0.05) is 0 Å². The van der Waals surface area contributed by atoms with Crippen LogP contribution >= 0.6 is 0 Å². The highest BCUT2D eigenvalue weighted by atomic mass is 16.3. The van der Waals surface area contributed by atoms with Crippen molar-refractivity contribution < 1.29 is 15.0 Å². The molecule has 0 bridgehead atoms. The highest BCUT2D eigenvalue weighted by Crippen LogP contribution is 1.85. The molecule has 0 aliphatic carbocycles. The van der Waals surface area contributed by atoms with Gasteiger partial charge in [-0.3, -0.25) is 4.79 Å². The summed E-state index contributed by atoms with van der Waals surface area (Å²) in [5.41, 5.74) is 0.333. The molecule has 0 atom stereocenters. The summed E-state index contributed by atoms with van der Waals surface area (Å²) in [6.07, 6.45) is 1.67. The van der Waals surface area contributed by atoms with E-state index in [9.17, 15) is 4.79 Å². The van der Waals surface area contributed by atoms with Crippen LogP contribution in [0.2, 0.25) is 0 Å². The molecule has 0 fully saturated rings. The van der Waals surface area contributed by atoms with Crippen LogP contribution in [0.3, 0.4) is 0 Å². The van der Waals surface area contributed by atoms with Crippen molar-refractivity contribution in [3.05, 3.63) is 11.6 Å². The Kier molecular flexibility index (Phi) is 4.11. The molecule has 0 aliphatic heterocycles. The van der Waals surface area contributed by atoms with Crippen molar-refractivity contribution in [2.75, 3.05) is 13.2 Å². The van der Waals surface area contributed by atoms with E-state index in [1.807, 2.05) is 0 Å². The lowest BCUT2D eigenvalue weighted by Gasteiger charge is -1.91. The minimum absolute atomic E-state index is 0.255. The van der Waals surface area contributed by atoms with Crippen molar-refractivity contribution in [1.29, 1.82) is 0 Å². The summed E-state index contributed by atoms with van der Waals surface area (Å²) in [6.45, 7) is -0.509. The first-order chi connectivity index (χ1) is 3.85. The van der Waals surface area contributed by atoms with Crippen LogP contribution in [0.1, 0.15) is 0 Å². The molecule has 3 nitrogen and oxygen atoms in total.